The van der Waals surface area contributed by atoms with Crippen molar-refractivity contribution in [3.8, 4) is 0 Å². The SMILES string of the molecule is OC(c1cccnc1)(c1cccnc1)C(c1ccccc1)N1CCCC1C(F)(F)F. The van der Waals surface area contributed by atoms with E-state index in [1.807, 2.05) is 0 Å². The minimum absolute atomic E-state index is 0.00297. The molecule has 1 saturated heterocycles. The molecule has 2 atom stereocenters. The van der Waals surface area contributed by atoms with E-state index in [0.29, 0.717) is 23.1 Å². The summed E-state index contributed by atoms with van der Waals surface area (Å²) in [4.78, 5) is 9.64. The number of nitrogens with zero attached hydrogens (tertiary/aromatic N) is 3. The topological polar surface area (TPSA) is 49.3 Å². The van der Waals surface area contributed by atoms with Gasteiger partial charge in [-0.25, -0.2) is 0 Å². The number of alkyl halides is 3. The van der Waals surface area contributed by atoms with Crippen molar-refractivity contribution in [1.82, 2.24) is 14.9 Å². The first-order chi connectivity index (χ1) is 14.4. The molecule has 1 aromatic carbocycles. The molecule has 0 aliphatic carbocycles. The number of benzene rings is 1. The molecule has 1 aliphatic rings. The predicted molar refractivity (Wildman–Crippen MR) is 106 cm³/mol. The van der Waals surface area contributed by atoms with Crippen molar-refractivity contribution in [3.05, 3.63) is 96.1 Å². The molecule has 0 radical (unpaired) electrons. The molecule has 30 heavy (non-hydrogen) atoms. The fraction of sp³-hybridized carbons (Fsp3) is 0.304. The zero-order valence-electron chi connectivity index (χ0n) is 16.2. The number of hydrogen-bond acceptors (Lipinski definition) is 4. The van der Waals surface area contributed by atoms with Crippen LogP contribution in [0.25, 0.3) is 0 Å². The van der Waals surface area contributed by atoms with Crippen LogP contribution in [0.2, 0.25) is 0 Å². The third-order valence-electron chi connectivity index (χ3n) is 5.72. The van der Waals surface area contributed by atoms with Crippen molar-refractivity contribution in [1.29, 1.82) is 0 Å². The van der Waals surface area contributed by atoms with E-state index in [-0.39, 0.29) is 13.0 Å². The summed E-state index contributed by atoms with van der Waals surface area (Å²) in [6, 6.07) is 13.0. The van der Waals surface area contributed by atoms with Crippen LogP contribution in [-0.4, -0.2) is 38.7 Å². The fourth-order valence-electron chi connectivity index (χ4n) is 4.42. The summed E-state index contributed by atoms with van der Waals surface area (Å²) in [5, 5.41) is 12.2. The van der Waals surface area contributed by atoms with Crippen molar-refractivity contribution in [3.63, 3.8) is 0 Å². The summed E-state index contributed by atoms with van der Waals surface area (Å²) in [5.74, 6) is 0. The molecule has 4 rings (SSSR count). The maximum Gasteiger partial charge on any atom is 0.404 e. The summed E-state index contributed by atoms with van der Waals surface area (Å²) >= 11 is 0. The lowest BCUT2D eigenvalue weighted by Crippen LogP contribution is -2.51. The second kappa shape index (κ2) is 8.16. The van der Waals surface area contributed by atoms with Gasteiger partial charge in [0.05, 0.1) is 6.04 Å². The van der Waals surface area contributed by atoms with Gasteiger partial charge in [0.25, 0.3) is 0 Å². The number of halogens is 3. The van der Waals surface area contributed by atoms with Gasteiger partial charge in [-0.1, -0.05) is 42.5 Å². The maximum atomic E-state index is 13.9. The molecule has 1 N–H and O–H groups in total. The molecule has 2 aromatic heterocycles. The summed E-state index contributed by atoms with van der Waals surface area (Å²) in [6.07, 6.45) is 2.16. The summed E-state index contributed by atoms with van der Waals surface area (Å²) < 4.78 is 41.8. The predicted octanol–water partition coefficient (Wildman–Crippen LogP) is 4.48. The highest BCUT2D eigenvalue weighted by Crippen LogP contribution is 2.48. The Bertz CT molecular complexity index is 912. The number of aliphatic hydroxyl groups is 1. The van der Waals surface area contributed by atoms with Crippen LogP contribution in [0.4, 0.5) is 13.2 Å². The van der Waals surface area contributed by atoms with Gasteiger partial charge in [0, 0.05) is 35.9 Å². The largest absolute Gasteiger partial charge is 0.404 e. The van der Waals surface area contributed by atoms with Crippen LogP contribution in [0.3, 0.4) is 0 Å². The highest BCUT2D eigenvalue weighted by molar-refractivity contribution is 5.40. The molecule has 0 amide bonds. The van der Waals surface area contributed by atoms with Gasteiger partial charge in [-0.05, 0) is 37.1 Å². The number of aromatic nitrogens is 2. The van der Waals surface area contributed by atoms with Gasteiger partial charge < -0.3 is 5.11 Å². The molecule has 1 aliphatic heterocycles. The van der Waals surface area contributed by atoms with Gasteiger partial charge in [-0.3, -0.25) is 14.9 Å². The van der Waals surface area contributed by atoms with E-state index in [1.54, 1.807) is 67.0 Å². The van der Waals surface area contributed by atoms with Gasteiger partial charge in [0.1, 0.15) is 11.6 Å². The van der Waals surface area contributed by atoms with Crippen molar-refractivity contribution < 1.29 is 18.3 Å². The van der Waals surface area contributed by atoms with Gasteiger partial charge in [0.2, 0.25) is 0 Å². The van der Waals surface area contributed by atoms with Crippen LogP contribution in [0.15, 0.2) is 79.4 Å². The van der Waals surface area contributed by atoms with E-state index in [2.05, 4.69) is 9.97 Å². The average Bonchev–Trinajstić information content (AvgIpc) is 3.26. The standard InChI is InChI=1S/C23H22F3N3O/c24-23(25,26)20-11-6-14-29(20)21(17-7-2-1-3-8-17)22(30,18-9-4-12-27-15-18)19-10-5-13-28-16-19/h1-5,7-10,12-13,15-16,20-21,30H,6,11,14H2. The number of pyridine rings is 2. The van der Waals surface area contributed by atoms with Gasteiger partial charge in [-0.15, -0.1) is 0 Å². The van der Waals surface area contributed by atoms with Gasteiger partial charge in [0.15, 0.2) is 0 Å². The molecule has 3 heterocycles. The van der Waals surface area contributed by atoms with E-state index >= 15 is 0 Å². The van der Waals surface area contributed by atoms with Crippen LogP contribution in [-0.2, 0) is 5.60 Å². The first kappa shape index (κ1) is 20.5. The number of likely N-dealkylation sites (tertiary alicyclic amines) is 1. The van der Waals surface area contributed by atoms with Crippen molar-refractivity contribution in [2.45, 2.75) is 36.7 Å². The Morgan fingerprint density at radius 3 is 2.00 bits per heavy atom. The quantitative estimate of drug-likeness (QED) is 0.670. The lowest BCUT2D eigenvalue weighted by molar-refractivity contribution is -0.191. The Morgan fingerprint density at radius 1 is 0.900 bits per heavy atom. The Balaban J connectivity index is 1.95. The molecule has 1 fully saturated rings. The molecule has 4 nitrogen and oxygen atoms in total. The number of hydrogen-bond donors (Lipinski definition) is 1. The molecule has 156 valence electrons. The minimum Gasteiger partial charge on any atom is -0.378 e. The lowest BCUT2D eigenvalue weighted by Gasteiger charge is -2.44. The van der Waals surface area contributed by atoms with E-state index in [4.69, 9.17) is 0 Å². The van der Waals surface area contributed by atoms with Crippen LogP contribution >= 0.6 is 0 Å². The smallest absolute Gasteiger partial charge is 0.378 e. The summed E-state index contributed by atoms with van der Waals surface area (Å²) in [5.41, 5.74) is -0.347. The lowest BCUT2D eigenvalue weighted by atomic mass is 9.77. The van der Waals surface area contributed by atoms with Gasteiger partial charge >= 0.3 is 6.18 Å². The molecule has 3 aromatic rings. The summed E-state index contributed by atoms with van der Waals surface area (Å²) in [6.45, 7) is 0.229. The van der Waals surface area contributed by atoms with Crippen molar-refractivity contribution >= 4 is 0 Å². The Hall–Kier alpha value is -2.77. The summed E-state index contributed by atoms with van der Waals surface area (Å²) in [7, 11) is 0. The highest BCUT2D eigenvalue weighted by Gasteiger charge is 2.54. The normalized spacial score (nSPS) is 19.0. The van der Waals surface area contributed by atoms with E-state index < -0.39 is 23.9 Å². The van der Waals surface area contributed by atoms with Crippen LogP contribution in [0, 0.1) is 0 Å². The molecule has 0 spiro atoms. The van der Waals surface area contributed by atoms with E-state index in [1.165, 1.54) is 17.3 Å². The fourth-order valence-corrected chi connectivity index (χ4v) is 4.42. The monoisotopic (exact) mass is 413 g/mol. The third kappa shape index (κ3) is 3.70. The van der Waals surface area contributed by atoms with Crippen LogP contribution in [0.1, 0.15) is 35.6 Å². The molecular weight excluding hydrogens is 391 g/mol. The Labute approximate surface area is 173 Å². The van der Waals surface area contributed by atoms with E-state index in [9.17, 15) is 18.3 Å². The molecule has 2 unspecified atom stereocenters. The highest BCUT2D eigenvalue weighted by atomic mass is 19.4. The van der Waals surface area contributed by atoms with E-state index in [0.717, 1.165) is 0 Å². The zero-order valence-corrected chi connectivity index (χ0v) is 16.2. The number of rotatable bonds is 5. The average molecular weight is 413 g/mol. The Morgan fingerprint density at radius 2 is 1.50 bits per heavy atom. The first-order valence-electron chi connectivity index (χ1n) is 9.83. The minimum atomic E-state index is -4.39. The first-order valence-corrected chi connectivity index (χ1v) is 9.83. The maximum absolute atomic E-state index is 13.9. The van der Waals surface area contributed by atoms with Crippen LogP contribution in [0.5, 0.6) is 0 Å². The second-order valence-corrected chi connectivity index (χ2v) is 7.50. The molecule has 7 heteroatoms. The van der Waals surface area contributed by atoms with Crippen molar-refractivity contribution in [2.75, 3.05) is 6.54 Å². The molecule has 0 bridgehead atoms. The van der Waals surface area contributed by atoms with Crippen molar-refractivity contribution in [2.24, 2.45) is 0 Å². The van der Waals surface area contributed by atoms with Gasteiger partial charge in [-0.2, -0.15) is 13.2 Å². The Kier molecular flexibility index (Phi) is 5.58. The molecule has 0 saturated carbocycles. The third-order valence-corrected chi connectivity index (χ3v) is 5.72. The van der Waals surface area contributed by atoms with Crippen LogP contribution < -0.4 is 0 Å². The second-order valence-electron chi connectivity index (χ2n) is 7.50. The molecular formula is C23H22F3N3O. The zero-order chi connectivity index (χ0) is 21.2.